The summed E-state index contributed by atoms with van der Waals surface area (Å²) >= 11 is 0.794. The Bertz CT molecular complexity index is 1300. The van der Waals surface area contributed by atoms with E-state index < -0.39 is 17.9 Å². The third-order valence-electron chi connectivity index (χ3n) is 6.96. The number of nitrogens with zero attached hydrogens (tertiary/aromatic N) is 2. The van der Waals surface area contributed by atoms with Crippen LogP contribution in [0, 0.1) is 0 Å². The molecule has 0 spiro atoms. The third-order valence-corrected chi connectivity index (χ3v) is 7.81. The minimum atomic E-state index is -1.01. The van der Waals surface area contributed by atoms with Crippen LogP contribution in [0.1, 0.15) is 83.3 Å². The molecule has 3 aromatic rings. The van der Waals surface area contributed by atoms with Gasteiger partial charge < -0.3 is 21.5 Å². The van der Waals surface area contributed by atoms with Crippen molar-refractivity contribution in [3.05, 3.63) is 70.2 Å². The van der Waals surface area contributed by atoms with Crippen molar-refractivity contribution in [3.63, 3.8) is 0 Å². The van der Waals surface area contributed by atoms with Gasteiger partial charge >= 0.3 is 0 Å². The number of nitrogen functional groups attached to an aromatic ring is 1. The maximum absolute atomic E-state index is 14.2. The van der Waals surface area contributed by atoms with Crippen molar-refractivity contribution < 1.29 is 19.1 Å². The predicted molar refractivity (Wildman–Crippen MR) is 153 cm³/mol. The summed E-state index contributed by atoms with van der Waals surface area (Å²) in [7, 11) is 0. The lowest BCUT2D eigenvalue weighted by molar-refractivity contribution is -0.123. The summed E-state index contributed by atoms with van der Waals surface area (Å²) in [6.45, 7) is 4.45. The second-order valence-electron chi connectivity index (χ2n) is 9.58. The van der Waals surface area contributed by atoms with Crippen LogP contribution in [0.2, 0.25) is 0 Å². The summed E-state index contributed by atoms with van der Waals surface area (Å²) in [5.74, 6) is -0.993. The van der Waals surface area contributed by atoms with Crippen molar-refractivity contribution in [2.75, 3.05) is 17.2 Å². The standard InChI is InChI=1S/C29H35N5O4S/c1-3-18-10-14-21(15-11-18)34(29(37)26-23(30)24(27(31)35)33-39-26)25(19-12-16-22(17-13-19)38-4-2)28(36)32-20-8-6-5-7-9-20/h10-17,20,25H,3-9,30H2,1-2H3,(H2,31,35)(H,32,36). The molecule has 0 aliphatic heterocycles. The minimum Gasteiger partial charge on any atom is -0.494 e. The number of primary amides is 1. The SMILES string of the molecule is CCOc1ccc(C(C(=O)NC2CCCCC2)N(C(=O)c2snc(C(N)=O)c2N)c2ccc(CC)cc2)cc1. The molecular weight excluding hydrogens is 514 g/mol. The zero-order valence-electron chi connectivity index (χ0n) is 22.3. The average molecular weight is 550 g/mol. The van der Waals surface area contributed by atoms with Gasteiger partial charge in [0, 0.05) is 11.7 Å². The molecule has 1 aliphatic rings. The fourth-order valence-electron chi connectivity index (χ4n) is 4.87. The highest BCUT2D eigenvalue weighted by Gasteiger charge is 2.37. The predicted octanol–water partition coefficient (Wildman–Crippen LogP) is 4.62. The Morgan fingerprint density at radius 1 is 1.05 bits per heavy atom. The van der Waals surface area contributed by atoms with Gasteiger partial charge in [0.1, 0.15) is 16.7 Å². The lowest BCUT2D eigenvalue weighted by Crippen LogP contribution is -2.47. The van der Waals surface area contributed by atoms with Crippen LogP contribution in [0.25, 0.3) is 0 Å². The van der Waals surface area contributed by atoms with Gasteiger partial charge in [-0.2, -0.15) is 4.37 Å². The zero-order valence-corrected chi connectivity index (χ0v) is 23.1. The van der Waals surface area contributed by atoms with E-state index in [-0.39, 0.29) is 28.2 Å². The van der Waals surface area contributed by atoms with E-state index in [0.29, 0.717) is 23.6 Å². The molecule has 4 rings (SSSR count). The Balaban J connectivity index is 1.83. The summed E-state index contributed by atoms with van der Waals surface area (Å²) in [6.07, 6.45) is 5.86. The van der Waals surface area contributed by atoms with Crippen molar-refractivity contribution in [1.29, 1.82) is 0 Å². The van der Waals surface area contributed by atoms with Crippen LogP contribution in [0.15, 0.2) is 48.5 Å². The van der Waals surface area contributed by atoms with E-state index in [1.54, 1.807) is 24.3 Å². The van der Waals surface area contributed by atoms with E-state index in [1.165, 1.54) is 4.90 Å². The van der Waals surface area contributed by atoms with Gasteiger partial charge in [0.05, 0.1) is 12.3 Å². The summed E-state index contributed by atoms with van der Waals surface area (Å²) in [4.78, 5) is 41.5. The van der Waals surface area contributed by atoms with Gasteiger partial charge in [0.25, 0.3) is 11.8 Å². The molecule has 1 aromatic heterocycles. The molecule has 1 aliphatic carbocycles. The number of carbonyl (C=O) groups excluding carboxylic acids is 3. The molecule has 1 fully saturated rings. The van der Waals surface area contributed by atoms with E-state index in [4.69, 9.17) is 16.2 Å². The van der Waals surface area contributed by atoms with Gasteiger partial charge in [-0.1, -0.05) is 50.5 Å². The molecule has 0 saturated heterocycles. The lowest BCUT2D eigenvalue weighted by Gasteiger charge is -2.33. The van der Waals surface area contributed by atoms with Crippen molar-refractivity contribution in [3.8, 4) is 5.75 Å². The number of nitrogens with one attached hydrogen (secondary N) is 1. The number of nitrogens with two attached hydrogens (primary N) is 2. The normalized spacial score (nSPS) is 14.4. The second-order valence-corrected chi connectivity index (χ2v) is 10.4. The van der Waals surface area contributed by atoms with E-state index in [1.807, 2.05) is 38.1 Å². The molecule has 0 radical (unpaired) electrons. The molecule has 9 nitrogen and oxygen atoms in total. The number of hydrogen-bond acceptors (Lipinski definition) is 7. The average Bonchev–Trinajstić information content (AvgIpc) is 3.34. The number of anilines is 2. The topological polar surface area (TPSA) is 141 Å². The molecule has 1 atom stereocenters. The summed E-state index contributed by atoms with van der Waals surface area (Å²) in [5, 5.41) is 3.19. The Kier molecular flexibility index (Phi) is 9.19. The molecular formula is C29H35N5O4S. The van der Waals surface area contributed by atoms with E-state index in [9.17, 15) is 14.4 Å². The van der Waals surface area contributed by atoms with Crippen LogP contribution in [-0.2, 0) is 11.2 Å². The number of rotatable bonds is 10. The number of amides is 3. The van der Waals surface area contributed by atoms with Gasteiger partial charge in [-0.15, -0.1) is 0 Å². The van der Waals surface area contributed by atoms with E-state index >= 15 is 0 Å². The van der Waals surface area contributed by atoms with Gasteiger partial charge in [-0.05, 0) is 73.1 Å². The Morgan fingerprint density at radius 3 is 2.28 bits per heavy atom. The van der Waals surface area contributed by atoms with Crippen molar-refractivity contribution >= 4 is 40.6 Å². The van der Waals surface area contributed by atoms with Gasteiger partial charge in [-0.25, -0.2) is 0 Å². The zero-order chi connectivity index (χ0) is 27.9. The van der Waals surface area contributed by atoms with Gasteiger partial charge in [0.2, 0.25) is 5.91 Å². The van der Waals surface area contributed by atoms with Crippen LogP contribution in [-0.4, -0.2) is 34.7 Å². The number of hydrogen-bond donors (Lipinski definition) is 3. The van der Waals surface area contributed by atoms with Gasteiger partial charge in [-0.3, -0.25) is 19.3 Å². The molecule has 206 valence electrons. The number of ether oxygens (including phenoxy) is 1. The fraction of sp³-hybridized carbons (Fsp3) is 0.379. The van der Waals surface area contributed by atoms with Crippen LogP contribution in [0.5, 0.6) is 5.75 Å². The largest absolute Gasteiger partial charge is 0.494 e. The molecule has 5 N–H and O–H groups in total. The maximum atomic E-state index is 14.2. The highest BCUT2D eigenvalue weighted by Crippen LogP contribution is 2.34. The smallest absolute Gasteiger partial charge is 0.273 e. The summed E-state index contributed by atoms with van der Waals surface area (Å²) in [5.41, 5.74) is 13.5. The highest BCUT2D eigenvalue weighted by atomic mass is 32.1. The molecule has 2 aromatic carbocycles. The number of aromatic nitrogens is 1. The first kappa shape index (κ1) is 28.1. The van der Waals surface area contributed by atoms with Crippen molar-refractivity contribution in [2.24, 2.45) is 5.73 Å². The van der Waals surface area contributed by atoms with Crippen molar-refractivity contribution in [2.45, 2.75) is 64.5 Å². The first-order chi connectivity index (χ1) is 18.8. The molecule has 3 amide bonds. The Labute approximate surface area is 232 Å². The Morgan fingerprint density at radius 2 is 1.72 bits per heavy atom. The molecule has 1 heterocycles. The first-order valence-corrected chi connectivity index (χ1v) is 14.1. The molecule has 0 bridgehead atoms. The maximum Gasteiger partial charge on any atom is 0.273 e. The quantitative estimate of drug-likeness (QED) is 0.337. The van der Waals surface area contributed by atoms with Crippen LogP contribution < -0.4 is 26.4 Å². The van der Waals surface area contributed by atoms with E-state index in [0.717, 1.165) is 55.6 Å². The number of carbonyl (C=O) groups is 3. The van der Waals surface area contributed by atoms with Crippen molar-refractivity contribution in [1.82, 2.24) is 9.69 Å². The monoisotopic (exact) mass is 549 g/mol. The van der Waals surface area contributed by atoms with Gasteiger partial charge in [0.15, 0.2) is 5.69 Å². The second kappa shape index (κ2) is 12.8. The molecule has 10 heteroatoms. The Hall–Kier alpha value is -3.92. The van der Waals surface area contributed by atoms with Crippen LogP contribution in [0.4, 0.5) is 11.4 Å². The molecule has 1 saturated carbocycles. The lowest BCUT2D eigenvalue weighted by atomic mass is 9.94. The van der Waals surface area contributed by atoms with E-state index in [2.05, 4.69) is 9.69 Å². The summed E-state index contributed by atoms with van der Waals surface area (Å²) < 4.78 is 9.62. The minimum absolute atomic E-state index is 0.0332. The molecule has 39 heavy (non-hydrogen) atoms. The first-order valence-electron chi connectivity index (χ1n) is 13.3. The highest BCUT2D eigenvalue weighted by molar-refractivity contribution is 7.09. The number of aryl methyl sites for hydroxylation is 1. The fourth-order valence-corrected chi connectivity index (χ4v) is 5.61. The summed E-state index contributed by atoms with van der Waals surface area (Å²) in [6, 6.07) is 13.7. The molecule has 1 unspecified atom stereocenters. The van der Waals surface area contributed by atoms with Crippen LogP contribution >= 0.6 is 11.5 Å². The van der Waals surface area contributed by atoms with Crippen LogP contribution in [0.3, 0.4) is 0 Å². The number of benzene rings is 2. The third kappa shape index (κ3) is 6.39.